The number of aromatic nitrogens is 5. The van der Waals surface area contributed by atoms with Crippen LogP contribution in [0, 0.1) is 12.7 Å². The van der Waals surface area contributed by atoms with Gasteiger partial charge in [-0.25, -0.2) is 13.4 Å². The summed E-state index contributed by atoms with van der Waals surface area (Å²) in [7, 11) is 1.74. The van der Waals surface area contributed by atoms with Crippen molar-refractivity contribution in [1.29, 1.82) is 0 Å². The Morgan fingerprint density at radius 2 is 1.83 bits per heavy atom. The molecule has 1 aliphatic rings. The van der Waals surface area contributed by atoms with E-state index >= 15 is 0 Å². The molecule has 0 radical (unpaired) electrons. The standard InChI is InChI=1S/C24H25F4N7S/c1-16-11-21-17(13-30-35(21)19-5-3-18(25)4-6-19)12-20(16)22-15-34(36-23-14-29-32(2)31-23)10-9-33(22)8-7-24(26,27)28/h3-6,11-14,22H,7-10,15H2,1-2H3. The van der Waals surface area contributed by atoms with Gasteiger partial charge in [-0.2, -0.15) is 28.2 Å². The van der Waals surface area contributed by atoms with Crippen molar-refractivity contribution in [1.82, 2.24) is 34.0 Å². The van der Waals surface area contributed by atoms with Gasteiger partial charge in [-0.3, -0.25) is 4.90 Å². The van der Waals surface area contributed by atoms with E-state index in [4.69, 9.17) is 0 Å². The largest absolute Gasteiger partial charge is 0.390 e. The average molecular weight is 520 g/mol. The molecule has 2 aromatic heterocycles. The zero-order chi connectivity index (χ0) is 25.4. The van der Waals surface area contributed by atoms with E-state index in [2.05, 4.69) is 19.6 Å². The first-order chi connectivity index (χ1) is 17.2. The lowest BCUT2D eigenvalue weighted by atomic mass is 9.96. The molecule has 5 rings (SSSR count). The fraction of sp³-hybridized carbons (Fsp3) is 0.375. The fourth-order valence-electron chi connectivity index (χ4n) is 4.56. The van der Waals surface area contributed by atoms with Crippen molar-refractivity contribution in [2.24, 2.45) is 7.05 Å². The van der Waals surface area contributed by atoms with E-state index < -0.39 is 12.6 Å². The molecule has 0 aliphatic carbocycles. The van der Waals surface area contributed by atoms with Gasteiger partial charge in [0.15, 0.2) is 5.03 Å². The van der Waals surface area contributed by atoms with Gasteiger partial charge < -0.3 is 0 Å². The van der Waals surface area contributed by atoms with Crippen molar-refractivity contribution in [3.8, 4) is 5.69 Å². The van der Waals surface area contributed by atoms with Crippen LogP contribution in [0.2, 0.25) is 0 Å². The number of aryl methyl sites for hydroxylation is 2. The van der Waals surface area contributed by atoms with Crippen LogP contribution >= 0.6 is 11.9 Å². The number of hydrogen-bond acceptors (Lipinski definition) is 6. The van der Waals surface area contributed by atoms with Crippen LogP contribution in [0.5, 0.6) is 0 Å². The van der Waals surface area contributed by atoms with E-state index in [0.717, 1.165) is 32.7 Å². The highest BCUT2D eigenvalue weighted by molar-refractivity contribution is 7.97. The Labute approximate surface area is 209 Å². The van der Waals surface area contributed by atoms with Gasteiger partial charge in [-0.05, 0) is 66.4 Å². The minimum atomic E-state index is -4.22. The molecule has 0 bridgehead atoms. The minimum Gasteiger partial charge on any atom is -0.293 e. The molecule has 0 spiro atoms. The molecule has 1 unspecified atom stereocenters. The van der Waals surface area contributed by atoms with Crippen molar-refractivity contribution in [2.45, 2.75) is 30.6 Å². The Morgan fingerprint density at radius 3 is 2.53 bits per heavy atom. The van der Waals surface area contributed by atoms with Gasteiger partial charge in [0.2, 0.25) is 0 Å². The molecule has 12 heteroatoms. The second-order valence-electron chi connectivity index (χ2n) is 8.87. The second-order valence-corrected chi connectivity index (χ2v) is 9.99. The van der Waals surface area contributed by atoms with Crippen LogP contribution in [0.3, 0.4) is 0 Å². The van der Waals surface area contributed by atoms with Crippen LogP contribution in [0.15, 0.2) is 53.8 Å². The van der Waals surface area contributed by atoms with Gasteiger partial charge in [0.25, 0.3) is 0 Å². The summed E-state index contributed by atoms with van der Waals surface area (Å²) < 4.78 is 56.5. The highest BCUT2D eigenvalue weighted by atomic mass is 32.2. The summed E-state index contributed by atoms with van der Waals surface area (Å²) in [5.74, 6) is -0.325. The third kappa shape index (κ3) is 5.40. The number of halogens is 4. The van der Waals surface area contributed by atoms with Crippen molar-refractivity contribution < 1.29 is 17.6 Å². The maximum atomic E-state index is 13.4. The SMILES string of the molecule is Cc1cc2c(cnn2-c2ccc(F)cc2)cc1C1CN(Sc2cnn(C)n2)CCN1CCC(F)(F)F. The third-order valence-corrected chi connectivity index (χ3v) is 7.29. The van der Waals surface area contributed by atoms with E-state index in [-0.39, 0.29) is 18.4 Å². The van der Waals surface area contributed by atoms with Crippen molar-refractivity contribution in [2.75, 3.05) is 26.2 Å². The number of rotatable bonds is 6. The van der Waals surface area contributed by atoms with Gasteiger partial charge in [0.1, 0.15) is 5.82 Å². The van der Waals surface area contributed by atoms with Crippen LogP contribution in [-0.2, 0) is 7.05 Å². The lowest BCUT2D eigenvalue weighted by Gasteiger charge is -2.41. The van der Waals surface area contributed by atoms with Crippen LogP contribution in [0.4, 0.5) is 17.6 Å². The van der Waals surface area contributed by atoms with E-state index in [1.54, 1.807) is 36.3 Å². The quantitative estimate of drug-likeness (QED) is 0.266. The van der Waals surface area contributed by atoms with Gasteiger partial charge in [0.05, 0.1) is 30.0 Å². The molecule has 4 aromatic rings. The third-order valence-electron chi connectivity index (χ3n) is 6.32. The molecule has 2 aromatic carbocycles. The number of nitrogens with zero attached hydrogens (tertiary/aromatic N) is 7. The van der Waals surface area contributed by atoms with Crippen LogP contribution < -0.4 is 0 Å². The molecule has 3 heterocycles. The molecule has 7 nitrogen and oxygen atoms in total. The normalized spacial score (nSPS) is 17.8. The first kappa shape index (κ1) is 24.7. The van der Waals surface area contributed by atoms with Crippen molar-refractivity contribution >= 4 is 22.9 Å². The molecule has 190 valence electrons. The lowest BCUT2D eigenvalue weighted by Crippen LogP contribution is -2.47. The van der Waals surface area contributed by atoms with Gasteiger partial charge in [-0.1, -0.05) is 0 Å². The Kier molecular flexibility index (Phi) is 6.75. The Bertz CT molecular complexity index is 1350. The molecule has 0 saturated carbocycles. The maximum absolute atomic E-state index is 13.4. The molecule has 1 aliphatic heterocycles. The van der Waals surface area contributed by atoms with E-state index in [9.17, 15) is 17.6 Å². The van der Waals surface area contributed by atoms with E-state index in [0.29, 0.717) is 19.6 Å². The highest BCUT2D eigenvalue weighted by Crippen LogP contribution is 2.35. The predicted octanol–water partition coefficient (Wildman–Crippen LogP) is 4.92. The number of hydrogen-bond donors (Lipinski definition) is 0. The smallest absolute Gasteiger partial charge is 0.293 e. The fourth-order valence-corrected chi connectivity index (χ4v) is 5.46. The van der Waals surface area contributed by atoms with Gasteiger partial charge in [0, 0.05) is 44.7 Å². The number of fused-ring (bicyclic) bond motifs is 1. The van der Waals surface area contributed by atoms with Gasteiger partial charge in [-0.15, -0.1) is 5.10 Å². The zero-order valence-electron chi connectivity index (χ0n) is 19.8. The predicted molar refractivity (Wildman–Crippen MR) is 129 cm³/mol. The second kappa shape index (κ2) is 9.83. The lowest BCUT2D eigenvalue weighted by molar-refractivity contribution is -0.140. The van der Waals surface area contributed by atoms with E-state index in [1.807, 2.05) is 24.0 Å². The topological polar surface area (TPSA) is 55.0 Å². The summed E-state index contributed by atoms with van der Waals surface area (Å²) in [4.78, 5) is 3.40. The minimum absolute atomic E-state index is 0.0653. The summed E-state index contributed by atoms with van der Waals surface area (Å²) in [5, 5.41) is 14.5. The summed E-state index contributed by atoms with van der Waals surface area (Å²) in [6.45, 7) is 3.55. The molecule has 0 amide bonds. The molecular formula is C24H25F4N7S. The highest BCUT2D eigenvalue weighted by Gasteiger charge is 2.34. The van der Waals surface area contributed by atoms with E-state index in [1.165, 1.54) is 28.9 Å². The summed E-state index contributed by atoms with van der Waals surface area (Å²) in [6, 6.07) is 9.86. The van der Waals surface area contributed by atoms with Crippen LogP contribution in [0.1, 0.15) is 23.6 Å². The molecule has 1 atom stereocenters. The van der Waals surface area contributed by atoms with Crippen molar-refractivity contribution in [3.63, 3.8) is 0 Å². The van der Waals surface area contributed by atoms with Crippen LogP contribution in [-0.4, -0.2) is 66.3 Å². The summed E-state index contributed by atoms with van der Waals surface area (Å²) in [5.41, 5.74) is 3.51. The molecule has 1 fully saturated rings. The number of benzene rings is 2. The number of alkyl halides is 3. The zero-order valence-corrected chi connectivity index (χ0v) is 20.6. The van der Waals surface area contributed by atoms with Gasteiger partial charge >= 0.3 is 6.18 Å². The molecule has 1 saturated heterocycles. The maximum Gasteiger partial charge on any atom is 0.390 e. The molecule has 36 heavy (non-hydrogen) atoms. The average Bonchev–Trinajstić information content (AvgIpc) is 3.43. The first-order valence-electron chi connectivity index (χ1n) is 11.5. The Balaban J connectivity index is 1.46. The monoisotopic (exact) mass is 519 g/mol. The van der Waals surface area contributed by atoms with Crippen LogP contribution in [0.25, 0.3) is 16.6 Å². The summed E-state index contributed by atoms with van der Waals surface area (Å²) in [6.07, 6.45) is -1.66. The molecule has 0 N–H and O–H groups in total. The Morgan fingerprint density at radius 1 is 1.06 bits per heavy atom. The first-order valence-corrected chi connectivity index (χ1v) is 12.3. The molecular weight excluding hydrogens is 494 g/mol. The number of piperazine rings is 1. The van der Waals surface area contributed by atoms with Crippen molar-refractivity contribution in [3.05, 3.63) is 65.7 Å². The Hall–Kier alpha value is -2.96. The summed E-state index contributed by atoms with van der Waals surface area (Å²) >= 11 is 1.46.